The summed E-state index contributed by atoms with van der Waals surface area (Å²) in [4.78, 5) is 27.8. The molecule has 262 valence electrons. The number of rotatable bonds is 12. The van der Waals surface area contributed by atoms with Crippen LogP contribution < -0.4 is 20.7 Å². The Morgan fingerprint density at radius 2 is 1.43 bits per heavy atom. The number of alkyl halides is 1. The van der Waals surface area contributed by atoms with Crippen LogP contribution in [0.3, 0.4) is 0 Å². The number of H-pyrrole nitrogens is 1. The zero-order valence-corrected chi connectivity index (χ0v) is 32.1. The number of halogens is 1. The van der Waals surface area contributed by atoms with Crippen LogP contribution in [0.5, 0.6) is 11.5 Å². The highest BCUT2D eigenvalue weighted by molar-refractivity contribution is 9.09. The molecule has 0 radical (unpaired) electrons. The molecule has 1 unspecified atom stereocenters. The summed E-state index contributed by atoms with van der Waals surface area (Å²) in [6, 6.07) is 25.9. The van der Waals surface area contributed by atoms with E-state index in [0.717, 1.165) is 28.2 Å². The highest BCUT2D eigenvalue weighted by Crippen LogP contribution is 2.48. The van der Waals surface area contributed by atoms with Gasteiger partial charge in [-0.25, -0.2) is 4.79 Å². The molecule has 9 nitrogen and oxygen atoms in total. The molecule has 1 aliphatic rings. The highest BCUT2D eigenvalue weighted by Gasteiger charge is 2.55. The number of ether oxygens (including phenoxy) is 4. The smallest absolute Gasteiger partial charge is 0.330 e. The second-order valence-electron chi connectivity index (χ2n) is 14.1. The minimum Gasteiger partial charge on any atom is -0.497 e. The quantitative estimate of drug-likeness (QED) is 0.0921. The average molecular weight is 752 g/mol. The van der Waals surface area contributed by atoms with Gasteiger partial charge in [-0.1, -0.05) is 91.3 Å². The zero-order valence-electron chi connectivity index (χ0n) is 29.5. The Hall–Kier alpha value is -3.48. The first-order valence-corrected chi connectivity index (χ1v) is 20.4. The lowest BCUT2D eigenvalue weighted by atomic mass is 9.79. The van der Waals surface area contributed by atoms with Crippen molar-refractivity contribution in [1.29, 1.82) is 0 Å². The number of hydrogen-bond acceptors (Lipinski definition) is 7. The first kappa shape index (κ1) is 36.8. The lowest BCUT2D eigenvalue weighted by Gasteiger charge is -2.44. The number of methoxy groups -OCH3 is 2. The van der Waals surface area contributed by atoms with E-state index >= 15 is 0 Å². The fourth-order valence-corrected chi connectivity index (χ4v) is 8.07. The molecule has 0 aliphatic carbocycles. The molecule has 49 heavy (non-hydrogen) atoms. The molecule has 2 heterocycles. The van der Waals surface area contributed by atoms with Gasteiger partial charge in [0.1, 0.15) is 28.9 Å². The summed E-state index contributed by atoms with van der Waals surface area (Å²) in [5.74, 6) is 1.45. The van der Waals surface area contributed by atoms with Crippen LogP contribution in [0.2, 0.25) is 18.1 Å². The van der Waals surface area contributed by atoms with Crippen molar-refractivity contribution in [2.45, 2.75) is 75.8 Å². The minimum absolute atomic E-state index is 0.0879. The second kappa shape index (κ2) is 14.4. The Kier molecular flexibility index (Phi) is 10.8. The summed E-state index contributed by atoms with van der Waals surface area (Å²) < 4.78 is 33.9. The average Bonchev–Trinajstić information content (AvgIpc) is 3.44. The van der Waals surface area contributed by atoms with Crippen LogP contribution in [-0.2, 0) is 19.5 Å². The van der Waals surface area contributed by atoms with Crippen molar-refractivity contribution in [3.63, 3.8) is 0 Å². The molecular weight excluding hydrogens is 704 g/mol. The molecule has 3 atom stereocenters. The number of benzene rings is 3. The van der Waals surface area contributed by atoms with Crippen LogP contribution in [0.15, 0.2) is 94.6 Å². The van der Waals surface area contributed by atoms with Crippen LogP contribution in [0, 0.1) is 6.92 Å². The maximum absolute atomic E-state index is 13.1. The van der Waals surface area contributed by atoms with E-state index in [1.165, 1.54) is 4.57 Å². The molecule has 0 bridgehead atoms. The summed E-state index contributed by atoms with van der Waals surface area (Å²) in [6.07, 6.45) is 0.795. The van der Waals surface area contributed by atoms with Gasteiger partial charge in [0, 0.05) is 23.5 Å². The van der Waals surface area contributed by atoms with Crippen LogP contribution in [0.1, 0.15) is 55.7 Å². The van der Waals surface area contributed by atoms with Gasteiger partial charge in [0.15, 0.2) is 8.32 Å². The van der Waals surface area contributed by atoms with Gasteiger partial charge in [-0.2, -0.15) is 0 Å². The van der Waals surface area contributed by atoms with E-state index in [1.807, 2.05) is 66.7 Å². The summed E-state index contributed by atoms with van der Waals surface area (Å²) >= 11 is 3.80. The van der Waals surface area contributed by atoms with E-state index in [0.29, 0.717) is 17.3 Å². The molecule has 1 aliphatic heterocycles. The van der Waals surface area contributed by atoms with E-state index in [-0.39, 0.29) is 11.6 Å². The van der Waals surface area contributed by atoms with Crippen molar-refractivity contribution in [2.75, 3.05) is 26.2 Å². The molecule has 1 aromatic heterocycles. The van der Waals surface area contributed by atoms with Crippen molar-refractivity contribution in [3.05, 3.63) is 128 Å². The normalized spacial score (nSPS) is 19.9. The van der Waals surface area contributed by atoms with Crippen LogP contribution in [0.25, 0.3) is 0 Å². The van der Waals surface area contributed by atoms with Crippen molar-refractivity contribution in [3.8, 4) is 11.5 Å². The van der Waals surface area contributed by atoms with Gasteiger partial charge in [-0.15, -0.1) is 0 Å². The van der Waals surface area contributed by atoms with Crippen molar-refractivity contribution in [2.24, 2.45) is 0 Å². The van der Waals surface area contributed by atoms with Gasteiger partial charge in [-0.3, -0.25) is 14.3 Å². The van der Waals surface area contributed by atoms with Gasteiger partial charge in [0.25, 0.3) is 5.56 Å². The summed E-state index contributed by atoms with van der Waals surface area (Å²) in [7, 11) is 0.931. The Morgan fingerprint density at radius 3 is 1.92 bits per heavy atom. The summed E-state index contributed by atoms with van der Waals surface area (Å²) in [6.45, 7) is 12.8. The zero-order chi connectivity index (χ0) is 35.6. The molecule has 5 rings (SSSR count). The summed E-state index contributed by atoms with van der Waals surface area (Å²) in [5.41, 5.74) is 0.0322. The maximum Gasteiger partial charge on any atom is 0.330 e. The fraction of sp³-hybridized carbons (Fsp3) is 0.421. The molecular formula is C38H47BrN2O7Si. The van der Waals surface area contributed by atoms with Crippen LogP contribution in [0.4, 0.5) is 0 Å². The van der Waals surface area contributed by atoms with E-state index in [9.17, 15) is 9.59 Å². The van der Waals surface area contributed by atoms with Crippen molar-refractivity contribution >= 4 is 24.2 Å². The summed E-state index contributed by atoms with van der Waals surface area (Å²) in [5, 5.41) is 0.276. The molecule has 1 saturated heterocycles. The molecule has 0 amide bonds. The van der Waals surface area contributed by atoms with Gasteiger partial charge in [0.2, 0.25) is 0 Å². The third kappa shape index (κ3) is 7.23. The first-order valence-electron chi connectivity index (χ1n) is 16.4. The Labute approximate surface area is 297 Å². The van der Waals surface area contributed by atoms with E-state index in [2.05, 4.69) is 66.9 Å². The topological polar surface area (TPSA) is 101 Å². The number of aromatic nitrogens is 2. The molecule has 0 spiro atoms. The molecule has 1 fully saturated rings. The van der Waals surface area contributed by atoms with E-state index in [4.69, 9.17) is 23.4 Å². The Bertz CT molecular complexity index is 1790. The SMILES string of the molecule is COc1ccc(C(OC[C@@]2(CBr)O[C@@H](n3cc(C)c(=O)[nH]c3=O)CC2O[Si](C)(C)C(C)(C)C)(c2ccccc2)c2ccc(OC)cc2)cc1. The maximum atomic E-state index is 13.1. The number of hydrogen-bond donors (Lipinski definition) is 1. The Balaban J connectivity index is 1.67. The third-order valence-electron chi connectivity index (χ3n) is 10.0. The van der Waals surface area contributed by atoms with Gasteiger partial charge >= 0.3 is 5.69 Å². The van der Waals surface area contributed by atoms with Gasteiger partial charge in [-0.05, 0) is 66.0 Å². The lowest BCUT2D eigenvalue weighted by Crippen LogP contribution is -2.54. The van der Waals surface area contributed by atoms with Gasteiger partial charge < -0.3 is 23.4 Å². The highest BCUT2D eigenvalue weighted by atomic mass is 79.9. The molecule has 1 N–H and O–H groups in total. The van der Waals surface area contributed by atoms with Gasteiger partial charge in [0.05, 0.1) is 26.9 Å². The third-order valence-corrected chi connectivity index (χ3v) is 15.4. The fourth-order valence-electron chi connectivity index (χ4n) is 6.04. The Morgan fingerprint density at radius 1 is 0.898 bits per heavy atom. The van der Waals surface area contributed by atoms with Crippen LogP contribution >= 0.6 is 15.9 Å². The largest absolute Gasteiger partial charge is 0.497 e. The second-order valence-corrected chi connectivity index (χ2v) is 19.5. The predicted molar refractivity (Wildman–Crippen MR) is 198 cm³/mol. The van der Waals surface area contributed by atoms with Crippen molar-refractivity contribution < 1.29 is 23.4 Å². The minimum atomic E-state index is -2.36. The predicted octanol–water partition coefficient (Wildman–Crippen LogP) is 7.31. The van der Waals surface area contributed by atoms with Crippen molar-refractivity contribution in [1.82, 2.24) is 9.55 Å². The number of aryl methyl sites for hydroxylation is 1. The monoisotopic (exact) mass is 750 g/mol. The standard InChI is InChI=1S/C38H47BrN2O7Si/c1-26-23-41(35(43)40-34(26)42)33-22-32(48-49(7,8)36(2,3)4)37(24-39,47-33)25-46-38(27-12-10-9-11-13-27,28-14-18-30(44-5)19-15-28)29-16-20-31(45-6)21-17-29/h9-21,23,32-33H,22,24-25H2,1-8H3,(H,40,42,43)/t32?,33-,37-/m1/s1. The molecule has 11 heteroatoms. The number of nitrogens with one attached hydrogen (secondary N) is 1. The number of aromatic amines is 1. The molecule has 3 aromatic carbocycles. The molecule has 0 saturated carbocycles. The lowest BCUT2D eigenvalue weighted by molar-refractivity contribution is -0.146. The van der Waals surface area contributed by atoms with E-state index < -0.39 is 43.1 Å². The number of nitrogens with zero attached hydrogens (tertiary/aromatic N) is 1. The van der Waals surface area contributed by atoms with E-state index in [1.54, 1.807) is 27.3 Å². The first-order chi connectivity index (χ1) is 23.2. The molecule has 4 aromatic rings. The van der Waals surface area contributed by atoms with Crippen LogP contribution in [-0.4, -0.2) is 55.7 Å².